The van der Waals surface area contributed by atoms with Gasteiger partial charge in [-0.1, -0.05) is 32.9 Å². The molecule has 3 aromatic carbocycles. The minimum absolute atomic E-state index is 0.0602. The first-order valence-corrected chi connectivity index (χ1v) is 9.46. The lowest BCUT2D eigenvalue weighted by molar-refractivity contribution is 0.0735. The van der Waals surface area contributed by atoms with Crippen LogP contribution in [0.3, 0.4) is 0 Å². The molecule has 0 aliphatic rings. The van der Waals surface area contributed by atoms with Gasteiger partial charge in [-0.15, -0.1) is 0 Å². The van der Waals surface area contributed by atoms with Gasteiger partial charge in [0.1, 0.15) is 11.5 Å². The first-order valence-electron chi connectivity index (χ1n) is 9.46. The van der Waals surface area contributed by atoms with Crippen molar-refractivity contribution in [1.29, 1.82) is 0 Å². The number of hydrogen-bond donors (Lipinski definition) is 0. The zero-order chi connectivity index (χ0) is 20.9. The van der Waals surface area contributed by atoms with Gasteiger partial charge in [0.25, 0.3) is 0 Å². The van der Waals surface area contributed by atoms with Gasteiger partial charge < -0.3 is 9.47 Å². The molecule has 0 N–H and O–H groups in total. The Kier molecular flexibility index (Phi) is 6.13. The molecule has 0 bridgehead atoms. The molecule has 0 unspecified atom stereocenters. The molecule has 0 aliphatic carbocycles. The number of esters is 1. The lowest BCUT2D eigenvalue weighted by atomic mass is 9.87. The van der Waals surface area contributed by atoms with Crippen LogP contribution in [0.25, 0.3) is 0 Å². The molecule has 3 rings (SSSR count). The fourth-order valence-electron chi connectivity index (χ4n) is 2.71. The minimum atomic E-state index is -0.390. The summed E-state index contributed by atoms with van der Waals surface area (Å²) in [7, 11) is 1.64. The summed E-state index contributed by atoms with van der Waals surface area (Å²) in [6.45, 7) is 6.44. The molecular formula is C25H25NO3. The third kappa shape index (κ3) is 5.55. The molecule has 148 valence electrons. The average Bonchev–Trinajstić information content (AvgIpc) is 2.72. The van der Waals surface area contributed by atoms with Crippen LogP contribution in [-0.2, 0) is 5.41 Å². The lowest BCUT2D eigenvalue weighted by Crippen LogP contribution is -2.11. The first-order chi connectivity index (χ1) is 13.8. The maximum Gasteiger partial charge on any atom is 0.343 e. The summed E-state index contributed by atoms with van der Waals surface area (Å²) in [6, 6.07) is 22.3. The maximum absolute atomic E-state index is 12.4. The topological polar surface area (TPSA) is 47.9 Å². The van der Waals surface area contributed by atoms with Gasteiger partial charge in [-0.05, 0) is 77.2 Å². The number of carbonyl (C=O) groups excluding carboxylic acids is 1. The third-order valence-electron chi connectivity index (χ3n) is 4.51. The Labute approximate surface area is 171 Å². The van der Waals surface area contributed by atoms with E-state index in [0.717, 1.165) is 17.0 Å². The number of rotatable bonds is 5. The van der Waals surface area contributed by atoms with E-state index in [1.165, 1.54) is 5.56 Å². The van der Waals surface area contributed by atoms with Gasteiger partial charge in [0.15, 0.2) is 0 Å². The Morgan fingerprint density at radius 2 is 1.41 bits per heavy atom. The van der Waals surface area contributed by atoms with E-state index in [2.05, 4.69) is 25.8 Å². The van der Waals surface area contributed by atoms with E-state index < -0.39 is 0 Å². The highest BCUT2D eigenvalue weighted by atomic mass is 16.5. The number of hydrogen-bond acceptors (Lipinski definition) is 4. The van der Waals surface area contributed by atoms with Crippen LogP contribution in [0.2, 0.25) is 0 Å². The molecule has 0 aliphatic heterocycles. The largest absolute Gasteiger partial charge is 0.497 e. The molecule has 29 heavy (non-hydrogen) atoms. The second kappa shape index (κ2) is 8.74. The fourth-order valence-corrected chi connectivity index (χ4v) is 2.71. The van der Waals surface area contributed by atoms with E-state index in [1.54, 1.807) is 37.6 Å². The molecule has 4 heteroatoms. The van der Waals surface area contributed by atoms with E-state index in [1.807, 2.05) is 48.5 Å². The van der Waals surface area contributed by atoms with Gasteiger partial charge in [0, 0.05) is 6.21 Å². The second-order valence-electron chi connectivity index (χ2n) is 7.74. The standard InChI is InChI=1S/C25H25NO3/c1-25(2,3)20-9-15-23(16-10-20)29-24(27)19-7-11-21(12-8-19)26-17-18-5-13-22(28-4)14-6-18/h5-17H,1-4H3. The molecule has 0 aromatic heterocycles. The van der Waals surface area contributed by atoms with Crippen LogP contribution in [0.1, 0.15) is 42.3 Å². The summed E-state index contributed by atoms with van der Waals surface area (Å²) in [6.07, 6.45) is 1.77. The summed E-state index contributed by atoms with van der Waals surface area (Å²) in [4.78, 5) is 16.8. The zero-order valence-corrected chi connectivity index (χ0v) is 17.2. The first kappa shape index (κ1) is 20.3. The van der Waals surface area contributed by atoms with E-state index in [-0.39, 0.29) is 11.4 Å². The van der Waals surface area contributed by atoms with Crippen LogP contribution < -0.4 is 9.47 Å². The van der Waals surface area contributed by atoms with Crippen molar-refractivity contribution in [2.24, 2.45) is 4.99 Å². The van der Waals surface area contributed by atoms with Crippen molar-refractivity contribution in [3.8, 4) is 11.5 Å². The highest BCUT2D eigenvalue weighted by Gasteiger charge is 2.14. The van der Waals surface area contributed by atoms with E-state index >= 15 is 0 Å². The smallest absolute Gasteiger partial charge is 0.343 e. The van der Waals surface area contributed by atoms with E-state index in [4.69, 9.17) is 9.47 Å². The SMILES string of the molecule is COc1ccc(C=Nc2ccc(C(=O)Oc3ccc(C(C)(C)C)cc3)cc2)cc1. The monoisotopic (exact) mass is 387 g/mol. The van der Waals surface area contributed by atoms with Crippen molar-refractivity contribution in [3.63, 3.8) is 0 Å². The Hall–Kier alpha value is -3.40. The lowest BCUT2D eigenvalue weighted by Gasteiger charge is -2.19. The van der Waals surface area contributed by atoms with E-state index in [9.17, 15) is 4.79 Å². The highest BCUT2D eigenvalue weighted by molar-refractivity contribution is 5.91. The molecule has 0 radical (unpaired) electrons. The Morgan fingerprint density at radius 3 is 1.97 bits per heavy atom. The Morgan fingerprint density at radius 1 is 0.828 bits per heavy atom. The van der Waals surface area contributed by atoms with Gasteiger partial charge in [-0.25, -0.2) is 4.79 Å². The summed E-state index contributed by atoms with van der Waals surface area (Å²) in [5.41, 5.74) is 3.45. The molecule has 0 saturated carbocycles. The summed E-state index contributed by atoms with van der Waals surface area (Å²) in [5.74, 6) is 0.946. The van der Waals surface area contributed by atoms with Gasteiger partial charge >= 0.3 is 5.97 Å². The summed E-state index contributed by atoms with van der Waals surface area (Å²) < 4.78 is 10.6. The average molecular weight is 387 g/mol. The van der Waals surface area contributed by atoms with Crippen LogP contribution in [0.5, 0.6) is 11.5 Å². The summed E-state index contributed by atoms with van der Waals surface area (Å²) >= 11 is 0. The zero-order valence-electron chi connectivity index (χ0n) is 17.2. The van der Waals surface area contributed by atoms with Crippen LogP contribution in [0.4, 0.5) is 5.69 Å². The molecular weight excluding hydrogens is 362 g/mol. The van der Waals surface area contributed by atoms with Crippen molar-refractivity contribution >= 4 is 17.9 Å². The normalized spacial score (nSPS) is 11.4. The molecule has 0 saturated heterocycles. The second-order valence-corrected chi connectivity index (χ2v) is 7.74. The number of carbonyl (C=O) groups is 1. The molecule has 4 nitrogen and oxygen atoms in total. The van der Waals surface area contributed by atoms with Crippen LogP contribution in [0.15, 0.2) is 77.8 Å². The Balaban J connectivity index is 1.63. The fraction of sp³-hybridized carbons (Fsp3) is 0.200. The number of ether oxygens (including phenoxy) is 2. The number of benzene rings is 3. The van der Waals surface area contributed by atoms with Crippen molar-refractivity contribution in [2.75, 3.05) is 7.11 Å². The van der Waals surface area contributed by atoms with Gasteiger partial charge in [-0.3, -0.25) is 4.99 Å². The number of nitrogens with zero attached hydrogens (tertiary/aromatic N) is 1. The van der Waals surface area contributed by atoms with Crippen LogP contribution >= 0.6 is 0 Å². The molecule has 0 heterocycles. The summed E-state index contributed by atoms with van der Waals surface area (Å²) in [5, 5.41) is 0. The molecule has 0 spiro atoms. The molecule has 0 amide bonds. The van der Waals surface area contributed by atoms with Crippen molar-refractivity contribution in [3.05, 3.63) is 89.5 Å². The molecule has 0 fully saturated rings. The van der Waals surface area contributed by atoms with Gasteiger partial charge in [0.05, 0.1) is 18.4 Å². The number of aliphatic imine (C=N–C) groups is 1. The predicted octanol–water partition coefficient (Wildman–Crippen LogP) is 5.96. The van der Waals surface area contributed by atoms with Crippen molar-refractivity contribution in [1.82, 2.24) is 0 Å². The van der Waals surface area contributed by atoms with Gasteiger partial charge in [0.2, 0.25) is 0 Å². The van der Waals surface area contributed by atoms with Crippen LogP contribution in [-0.4, -0.2) is 19.3 Å². The van der Waals surface area contributed by atoms with E-state index in [0.29, 0.717) is 11.3 Å². The van der Waals surface area contributed by atoms with Crippen LogP contribution in [0, 0.1) is 0 Å². The Bertz CT molecular complexity index is 980. The third-order valence-corrected chi connectivity index (χ3v) is 4.51. The van der Waals surface area contributed by atoms with Crippen molar-refractivity contribution in [2.45, 2.75) is 26.2 Å². The molecule has 0 atom stereocenters. The molecule has 3 aromatic rings. The number of methoxy groups -OCH3 is 1. The maximum atomic E-state index is 12.4. The highest BCUT2D eigenvalue weighted by Crippen LogP contribution is 2.25. The quantitative estimate of drug-likeness (QED) is 0.308. The van der Waals surface area contributed by atoms with Gasteiger partial charge in [-0.2, -0.15) is 0 Å². The minimum Gasteiger partial charge on any atom is -0.497 e. The van der Waals surface area contributed by atoms with Crippen molar-refractivity contribution < 1.29 is 14.3 Å². The predicted molar refractivity (Wildman–Crippen MR) is 117 cm³/mol.